The van der Waals surface area contributed by atoms with E-state index < -0.39 is 0 Å². The summed E-state index contributed by atoms with van der Waals surface area (Å²) in [6, 6.07) is 4.09. The maximum Gasteiger partial charge on any atom is 0.239 e. The molecule has 0 saturated carbocycles. The summed E-state index contributed by atoms with van der Waals surface area (Å²) in [4.78, 5) is 15.9. The molecule has 0 bridgehead atoms. The molecule has 152 valence electrons. The Hall–Kier alpha value is -1.71. The highest BCUT2D eigenvalue weighted by Gasteiger charge is 2.21. The number of nitrogens with zero attached hydrogens (tertiary/aromatic N) is 1. The highest BCUT2D eigenvalue weighted by molar-refractivity contribution is 14.0. The van der Waals surface area contributed by atoms with Crippen molar-refractivity contribution >= 4 is 35.8 Å². The summed E-state index contributed by atoms with van der Waals surface area (Å²) < 4.78 is 11.6. The van der Waals surface area contributed by atoms with Gasteiger partial charge in [-0.25, -0.2) is 0 Å². The predicted molar refractivity (Wildman–Crippen MR) is 118 cm³/mol. The Bertz CT molecular complexity index is 652. The molecule has 3 N–H and O–H groups in total. The third-order valence-electron chi connectivity index (χ3n) is 4.04. The van der Waals surface area contributed by atoms with Crippen LogP contribution in [0.2, 0.25) is 0 Å². The standard InChI is InChI=1S/C19H30N4O3.HI/c1-5-7-21-18(24)12-23-19(20-4)22-11-15-10-17-14(8-13(3)26-17)9-16(15)25-6-2;/h9-10,13H,5-8,11-12H2,1-4H3,(H,21,24)(H2,20,22,23);1H. The van der Waals surface area contributed by atoms with E-state index in [-0.39, 0.29) is 42.5 Å². The van der Waals surface area contributed by atoms with Gasteiger partial charge >= 0.3 is 0 Å². The maximum absolute atomic E-state index is 11.7. The van der Waals surface area contributed by atoms with Crippen LogP contribution < -0.4 is 25.4 Å². The van der Waals surface area contributed by atoms with E-state index in [1.165, 1.54) is 5.56 Å². The molecular weight excluding hydrogens is 459 g/mol. The van der Waals surface area contributed by atoms with Crippen molar-refractivity contribution < 1.29 is 14.3 Å². The van der Waals surface area contributed by atoms with Crippen LogP contribution >= 0.6 is 24.0 Å². The van der Waals surface area contributed by atoms with Gasteiger partial charge in [0.25, 0.3) is 0 Å². The molecule has 1 aliphatic rings. The van der Waals surface area contributed by atoms with Gasteiger partial charge in [0, 0.05) is 37.7 Å². The first-order chi connectivity index (χ1) is 12.6. The zero-order valence-corrected chi connectivity index (χ0v) is 18.9. The minimum absolute atomic E-state index is 0. The molecule has 27 heavy (non-hydrogen) atoms. The fourth-order valence-corrected chi connectivity index (χ4v) is 2.80. The lowest BCUT2D eigenvalue weighted by Crippen LogP contribution is -2.43. The number of carbonyl (C=O) groups is 1. The normalized spacial score (nSPS) is 15.3. The molecule has 1 aromatic rings. The van der Waals surface area contributed by atoms with Gasteiger partial charge in [0.05, 0.1) is 13.2 Å². The van der Waals surface area contributed by atoms with Gasteiger partial charge in [0.2, 0.25) is 5.91 Å². The molecule has 0 saturated heterocycles. The summed E-state index contributed by atoms with van der Waals surface area (Å²) in [7, 11) is 1.68. The second-order valence-electron chi connectivity index (χ2n) is 6.26. The molecule has 0 aliphatic carbocycles. The number of ether oxygens (including phenoxy) is 2. The van der Waals surface area contributed by atoms with Crippen LogP contribution in [0.1, 0.15) is 38.3 Å². The number of aliphatic imine (C=N–C) groups is 1. The molecule has 2 rings (SSSR count). The monoisotopic (exact) mass is 490 g/mol. The van der Waals surface area contributed by atoms with Crippen LogP contribution in [-0.2, 0) is 17.8 Å². The summed E-state index contributed by atoms with van der Waals surface area (Å²) in [5.74, 6) is 2.28. The smallest absolute Gasteiger partial charge is 0.239 e. The lowest BCUT2D eigenvalue weighted by molar-refractivity contribution is -0.120. The summed E-state index contributed by atoms with van der Waals surface area (Å²) in [5.41, 5.74) is 2.18. The second kappa shape index (κ2) is 11.9. The molecule has 0 fully saturated rings. The van der Waals surface area contributed by atoms with Crippen LogP contribution in [0, 0.1) is 0 Å². The SMILES string of the molecule is CCCNC(=O)CNC(=NC)NCc1cc2c(cc1OCC)CC(C)O2.I. The number of nitrogens with one attached hydrogen (secondary N) is 3. The van der Waals surface area contributed by atoms with Gasteiger partial charge in [-0.05, 0) is 32.4 Å². The molecule has 1 amide bonds. The summed E-state index contributed by atoms with van der Waals surface area (Å²) in [6.07, 6.45) is 2.01. The van der Waals surface area contributed by atoms with Crippen molar-refractivity contribution in [1.29, 1.82) is 0 Å². The van der Waals surface area contributed by atoms with Crippen LogP contribution in [-0.4, -0.2) is 44.7 Å². The van der Waals surface area contributed by atoms with Crippen LogP contribution in [0.4, 0.5) is 0 Å². The van der Waals surface area contributed by atoms with Gasteiger partial charge in [0.1, 0.15) is 17.6 Å². The number of guanidine groups is 1. The van der Waals surface area contributed by atoms with Gasteiger partial charge < -0.3 is 25.4 Å². The van der Waals surface area contributed by atoms with E-state index in [9.17, 15) is 4.79 Å². The van der Waals surface area contributed by atoms with Crippen LogP contribution in [0.5, 0.6) is 11.5 Å². The number of hydrogen-bond donors (Lipinski definition) is 3. The zero-order valence-electron chi connectivity index (χ0n) is 16.6. The van der Waals surface area contributed by atoms with Crippen LogP contribution in [0.15, 0.2) is 17.1 Å². The second-order valence-corrected chi connectivity index (χ2v) is 6.26. The summed E-state index contributed by atoms with van der Waals surface area (Å²) in [5, 5.41) is 9.06. The molecule has 1 aliphatic heterocycles. The fourth-order valence-electron chi connectivity index (χ4n) is 2.80. The number of rotatable bonds is 8. The molecule has 0 spiro atoms. The molecular formula is C19H31IN4O3. The van der Waals surface area contributed by atoms with E-state index in [2.05, 4.69) is 33.9 Å². The van der Waals surface area contributed by atoms with Gasteiger partial charge in [-0.2, -0.15) is 0 Å². The van der Waals surface area contributed by atoms with Crippen molar-refractivity contribution in [3.63, 3.8) is 0 Å². The summed E-state index contributed by atoms with van der Waals surface area (Å²) in [6.45, 7) is 8.04. The molecule has 0 radical (unpaired) electrons. The Morgan fingerprint density at radius 1 is 1.30 bits per heavy atom. The van der Waals surface area contributed by atoms with E-state index in [0.29, 0.717) is 25.7 Å². The van der Waals surface area contributed by atoms with E-state index in [4.69, 9.17) is 9.47 Å². The lowest BCUT2D eigenvalue weighted by Gasteiger charge is -2.15. The molecule has 1 atom stereocenters. The molecule has 1 aromatic carbocycles. The van der Waals surface area contributed by atoms with Crippen LogP contribution in [0.25, 0.3) is 0 Å². The third-order valence-corrected chi connectivity index (χ3v) is 4.04. The highest BCUT2D eigenvalue weighted by Crippen LogP contribution is 2.35. The van der Waals surface area contributed by atoms with Crippen molar-refractivity contribution in [3.05, 3.63) is 23.3 Å². The average Bonchev–Trinajstić information content (AvgIpc) is 2.99. The number of amides is 1. The van der Waals surface area contributed by atoms with Crippen molar-refractivity contribution in [1.82, 2.24) is 16.0 Å². The minimum atomic E-state index is -0.0512. The average molecular weight is 490 g/mol. The lowest BCUT2D eigenvalue weighted by atomic mass is 10.1. The molecule has 0 aromatic heterocycles. The Morgan fingerprint density at radius 3 is 2.74 bits per heavy atom. The molecule has 8 heteroatoms. The van der Waals surface area contributed by atoms with Crippen molar-refractivity contribution in [2.45, 2.75) is 46.3 Å². The Labute approximate surface area is 178 Å². The molecule has 1 unspecified atom stereocenters. The highest BCUT2D eigenvalue weighted by atomic mass is 127. The summed E-state index contributed by atoms with van der Waals surface area (Å²) >= 11 is 0. The van der Waals surface area contributed by atoms with Gasteiger partial charge in [-0.1, -0.05) is 6.92 Å². The Kier molecular flexibility index (Phi) is 10.3. The molecule has 1 heterocycles. The quantitative estimate of drug-likeness (QED) is 0.296. The minimum Gasteiger partial charge on any atom is -0.494 e. The molecule has 7 nitrogen and oxygen atoms in total. The van der Waals surface area contributed by atoms with E-state index in [0.717, 1.165) is 29.9 Å². The van der Waals surface area contributed by atoms with Crippen molar-refractivity contribution in [2.75, 3.05) is 26.7 Å². The van der Waals surface area contributed by atoms with Gasteiger partial charge in [-0.15, -0.1) is 24.0 Å². The van der Waals surface area contributed by atoms with Gasteiger partial charge in [-0.3, -0.25) is 9.79 Å². The van der Waals surface area contributed by atoms with Crippen LogP contribution in [0.3, 0.4) is 0 Å². The third kappa shape index (κ3) is 7.08. The maximum atomic E-state index is 11.7. The zero-order chi connectivity index (χ0) is 18.9. The number of fused-ring (bicyclic) bond motifs is 1. The van der Waals surface area contributed by atoms with Crippen molar-refractivity contribution in [3.8, 4) is 11.5 Å². The topological polar surface area (TPSA) is 84.0 Å². The number of carbonyl (C=O) groups excluding carboxylic acids is 1. The number of hydrogen-bond acceptors (Lipinski definition) is 4. The van der Waals surface area contributed by atoms with Gasteiger partial charge in [0.15, 0.2) is 5.96 Å². The first-order valence-electron chi connectivity index (χ1n) is 9.23. The number of halogens is 1. The van der Waals surface area contributed by atoms with E-state index in [1.807, 2.05) is 19.9 Å². The fraction of sp³-hybridized carbons (Fsp3) is 0.579. The van der Waals surface area contributed by atoms with Crippen molar-refractivity contribution in [2.24, 2.45) is 4.99 Å². The predicted octanol–water partition coefficient (Wildman–Crippen LogP) is 2.22. The Balaban J connectivity index is 0.00000364. The number of benzene rings is 1. The largest absolute Gasteiger partial charge is 0.494 e. The first-order valence-corrected chi connectivity index (χ1v) is 9.23. The Morgan fingerprint density at radius 2 is 2.07 bits per heavy atom. The van der Waals surface area contributed by atoms with E-state index >= 15 is 0 Å². The van der Waals surface area contributed by atoms with E-state index in [1.54, 1.807) is 7.05 Å². The first kappa shape index (κ1) is 23.3.